The molecule has 0 aromatic heterocycles. The number of thioether (sulfide) groups is 1. The fourth-order valence-electron chi connectivity index (χ4n) is 4.19. The van der Waals surface area contributed by atoms with Crippen molar-refractivity contribution in [3.8, 4) is 23.0 Å². The number of para-hydroxylation sites is 2. The number of nitrogens with zero attached hydrogens (tertiary/aromatic N) is 2. The summed E-state index contributed by atoms with van der Waals surface area (Å²) in [7, 11) is 4.72. The van der Waals surface area contributed by atoms with Gasteiger partial charge in [-0.1, -0.05) is 30.0 Å². The molecule has 1 unspecified atom stereocenters. The number of anilines is 1. The van der Waals surface area contributed by atoms with Crippen LogP contribution in [0.4, 0.5) is 11.4 Å². The topological polar surface area (TPSA) is 98.7 Å². The van der Waals surface area contributed by atoms with E-state index < -0.39 is 5.25 Å². The molecule has 0 spiro atoms. The predicted molar refractivity (Wildman–Crippen MR) is 157 cm³/mol. The Balaban J connectivity index is 1.57. The number of nitrogens with one attached hydrogen (secondary N) is 1. The summed E-state index contributed by atoms with van der Waals surface area (Å²) in [6, 6.07) is 20.2. The Bertz CT molecular complexity index is 1360. The highest BCUT2D eigenvalue weighted by molar-refractivity contribution is 8.15. The van der Waals surface area contributed by atoms with Gasteiger partial charge in [0.25, 0.3) is 0 Å². The lowest BCUT2D eigenvalue weighted by molar-refractivity contribution is -0.129. The maximum atomic E-state index is 13.4. The van der Waals surface area contributed by atoms with Gasteiger partial charge in [-0.15, -0.1) is 0 Å². The molecule has 4 rings (SSSR count). The zero-order valence-corrected chi connectivity index (χ0v) is 23.8. The van der Waals surface area contributed by atoms with E-state index in [1.54, 1.807) is 38.4 Å². The number of amidine groups is 1. The van der Waals surface area contributed by atoms with Crippen LogP contribution in [0, 0.1) is 0 Å². The van der Waals surface area contributed by atoms with E-state index in [0.29, 0.717) is 53.4 Å². The molecule has 10 heteroatoms. The van der Waals surface area contributed by atoms with Crippen molar-refractivity contribution < 1.29 is 28.5 Å². The number of aliphatic imine (C=N–C) groups is 1. The molecular formula is C30H33N3O6S. The molecule has 1 fully saturated rings. The molecule has 1 aliphatic heterocycles. The van der Waals surface area contributed by atoms with E-state index in [2.05, 4.69) is 5.32 Å². The van der Waals surface area contributed by atoms with Crippen LogP contribution in [0.3, 0.4) is 0 Å². The van der Waals surface area contributed by atoms with Crippen LogP contribution in [-0.4, -0.2) is 61.6 Å². The van der Waals surface area contributed by atoms with E-state index in [1.807, 2.05) is 61.5 Å². The number of benzene rings is 3. The van der Waals surface area contributed by atoms with Gasteiger partial charge in [0.05, 0.1) is 39.3 Å². The van der Waals surface area contributed by atoms with Crippen molar-refractivity contribution in [3.63, 3.8) is 0 Å². The van der Waals surface area contributed by atoms with E-state index >= 15 is 0 Å². The number of rotatable bonds is 11. The van der Waals surface area contributed by atoms with Crippen LogP contribution in [0.5, 0.6) is 23.0 Å². The third-order valence-corrected chi connectivity index (χ3v) is 7.43. The number of ether oxygens (including phenoxy) is 4. The van der Waals surface area contributed by atoms with E-state index in [-0.39, 0.29) is 18.2 Å². The fourth-order valence-corrected chi connectivity index (χ4v) is 5.32. The number of amides is 2. The van der Waals surface area contributed by atoms with Gasteiger partial charge in [-0.3, -0.25) is 14.5 Å². The zero-order valence-electron chi connectivity index (χ0n) is 23.0. The third kappa shape index (κ3) is 7.06. The second-order valence-electron chi connectivity index (χ2n) is 8.81. The van der Waals surface area contributed by atoms with Crippen LogP contribution in [0.15, 0.2) is 71.7 Å². The van der Waals surface area contributed by atoms with Gasteiger partial charge < -0.3 is 24.3 Å². The molecule has 3 aromatic rings. The highest BCUT2D eigenvalue weighted by atomic mass is 32.2. The highest BCUT2D eigenvalue weighted by Gasteiger charge is 2.36. The molecule has 0 saturated carbocycles. The molecule has 1 N–H and O–H groups in total. The number of carbonyl (C=O) groups excluding carboxylic acids is 2. The minimum absolute atomic E-state index is 0.0415. The average molecular weight is 564 g/mol. The minimum atomic E-state index is -0.656. The van der Waals surface area contributed by atoms with E-state index in [4.69, 9.17) is 23.9 Å². The van der Waals surface area contributed by atoms with Crippen molar-refractivity contribution in [2.24, 2.45) is 4.99 Å². The quantitative estimate of drug-likeness (QED) is 0.337. The summed E-state index contributed by atoms with van der Waals surface area (Å²) in [5, 5.41) is 2.70. The van der Waals surface area contributed by atoms with Crippen LogP contribution in [0.1, 0.15) is 18.9 Å². The number of hydrogen-bond donors (Lipinski definition) is 1. The van der Waals surface area contributed by atoms with E-state index in [1.165, 1.54) is 11.8 Å². The van der Waals surface area contributed by atoms with Gasteiger partial charge in [0, 0.05) is 13.0 Å². The maximum Gasteiger partial charge on any atom is 0.238 e. The lowest BCUT2D eigenvalue weighted by Crippen LogP contribution is -2.46. The zero-order chi connectivity index (χ0) is 28.5. The van der Waals surface area contributed by atoms with Crippen molar-refractivity contribution in [2.75, 3.05) is 39.8 Å². The molecule has 40 heavy (non-hydrogen) atoms. The van der Waals surface area contributed by atoms with Crippen molar-refractivity contribution in [2.45, 2.75) is 25.0 Å². The predicted octanol–water partition coefficient (Wildman–Crippen LogP) is 5.31. The molecule has 2 amide bonds. The molecule has 0 aliphatic carbocycles. The molecular weight excluding hydrogens is 530 g/mol. The van der Waals surface area contributed by atoms with Crippen LogP contribution in [0.2, 0.25) is 0 Å². The first-order valence-electron chi connectivity index (χ1n) is 12.9. The molecule has 0 bridgehead atoms. The Morgan fingerprint density at radius 1 is 0.975 bits per heavy atom. The lowest BCUT2D eigenvalue weighted by Gasteiger charge is -2.32. The van der Waals surface area contributed by atoms with Gasteiger partial charge >= 0.3 is 0 Å². The second-order valence-corrected chi connectivity index (χ2v) is 9.98. The summed E-state index contributed by atoms with van der Waals surface area (Å²) >= 11 is 1.27. The molecule has 3 aromatic carbocycles. The Morgan fingerprint density at radius 3 is 2.40 bits per heavy atom. The van der Waals surface area contributed by atoms with Gasteiger partial charge in [-0.05, 0) is 67.4 Å². The lowest BCUT2D eigenvalue weighted by atomic mass is 10.1. The summed E-state index contributed by atoms with van der Waals surface area (Å²) < 4.78 is 21.7. The first kappa shape index (κ1) is 28.8. The molecule has 210 valence electrons. The van der Waals surface area contributed by atoms with E-state index in [0.717, 1.165) is 11.3 Å². The van der Waals surface area contributed by atoms with Crippen LogP contribution >= 0.6 is 11.8 Å². The Labute approximate surface area is 238 Å². The van der Waals surface area contributed by atoms with Crippen molar-refractivity contribution in [3.05, 3.63) is 72.3 Å². The van der Waals surface area contributed by atoms with Gasteiger partial charge in [-0.2, -0.15) is 0 Å². The Hall–Kier alpha value is -4.18. The Kier molecular flexibility index (Phi) is 9.91. The molecule has 1 saturated heterocycles. The number of carbonyl (C=O) groups is 2. The van der Waals surface area contributed by atoms with Crippen LogP contribution < -0.4 is 24.3 Å². The first-order valence-corrected chi connectivity index (χ1v) is 13.8. The largest absolute Gasteiger partial charge is 0.495 e. The molecule has 1 heterocycles. The van der Waals surface area contributed by atoms with Gasteiger partial charge in [0.15, 0.2) is 16.7 Å². The summed E-state index contributed by atoms with van der Waals surface area (Å²) in [6.07, 6.45) is 0.604. The van der Waals surface area contributed by atoms with E-state index in [9.17, 15) is 9.59 Å². The summed E-state index contributed by atoms with van der Waals surface area (Å²) in [4.78, 5) is 33.1. The minimum Gasteiger partial charge on any atom is -0.495 e. The molecule has 1 atom stereocenters. The normalized spacial score (nSPS) is 16.0. The molecule has 1 aliphatic rings. The fraction of sp³-hybridized carbons (Fsp3) is 0.300. The standard InChI is InChI=1S/C30H33N3O6S/c1-5-39-22-13-11-21(12-14-22)31-30-33(17-16-20-10-15-25(37-3)26(18-20)38-4)28(34)19-27(40-30)29(35)32-23-8-6-7-9-24(23)36-2/h6-15,18,27H,5,16-17,19H2,1-4H3,(H,32,35). The number of hydrogen-bond acceptors (Lipinski definition) is 8. The van der Waals surface area contributed by atoms with Gasteiger partial charge in [0.1, 0.15) is 16.7 Å². The van der Waals surface area contributed by atoms with Gasteiger partial charge in [-0.25, -0.2) is 4.99 Å². The number of methoxy groups -OCH3 is 3. The van der Waals surface area contributed by atoms with Crippen LogP contribution in [-0.2, 0) is 16.0 Å². The van der Waals surface area contributed by atoms with Gasteiger partial charge in [0.2, 0.25) is 11.8 Å². The summed E-state index contributed by atoms with van der Waals surface area (Å²) in [5.41, 5.74) is 2.18. The van der Waals surface area contributed by atoms with Crippen molar-refractivity contribution in [1.82, 2.24) is 4.90 Å². The van der Waals surface area contributed by atoms with Crippen molar-refractivity contribution in [1.29, 1.82) is 0 Å². The Morgan fingerprint density at radius 2 is 1.70 bits per heavy atom. The average Bonchev–Trinajstić information content (AvgIpc) is 2.97. The second kappa shape index (κ2) is 13.7. The smallest absolute Gasteiger partial charge is 0.238 e. The van der Waals surface area contributed by atoms with Crippen molar-refractivity contribution >= 4 is 40.1 Å². The molecule has 9 nitrogen and oxygen atoms in total. The highest BCUT2D eigenvalue weighted by Crippen LogP contribution is 2.33. The summed E-state index contributed by atoms with van der Waals surface area (Å²) in [5.74, 6) is 2.07. The monoisotopic (exact) mass is 563 g/mol. The third-order valence-electron chi connectivity index (χ3n) is 6.24. The molecule has 0 radical (unpaired) electrons. The SMILES string of the molecule is CCOc1ccc(N=C2SC(C(=O)Nc3ccccc3OC)CC(=O)N2CCc2ccc(OC)c(OC)c2)cc1. The maximum absolute atomic E-state index is 13.4. The summed E-state index contributed by atoms with van der Waals surface area (Å²) in [6.45, 7) is 2.87. The first-order chi connectivity index (χ1) is 19.4. The van der Waals surface area contributed by atoms with Crippen LogP contribution in [0.25, 0.3) is 0 Å².